The number of ether oxygens (including phenoxy) is 2. The first-order chi connectivity index (χ1) is 9.11. The molecule has 1 rings (SSSR count). The standard InChI is InChI=1S/C13H24O6/c1-2-3-4-5-6-7-18-13-12(17)11(16)10(15)9(8-14)19-13/h4-5,9-17H,2-3,6-8H2,1H3/b5-4+/t9-,10-,11+,12+,13+/m1/s1. The van der Waals surface area contributed by atoms with Crippen LogP contribution in [0.5, 0.6) is 0 Å². The van der Waals surface area contributed by atoms with Crippen molar-refractivity contribution in [2.75, 3.05) is 13.2 Å². The van der Waals surface area contributed by atoms with Crippen molar-refractivity contribution in [3.05, 3.63) is 12.2 Å². The molecule has 1 fully saturated rings. The number of unbranched alkanes of at least 4 members (excludes halogenated alkanes) is 1. The first kappa shape index (κ1) is 16.6. The monoisotopic (exact) mass is 276 g/mol. The van der Waals surface area contributed by atoms with Gasteiger partial charge in [-0.25, -0.2) is 0 Å². The zero-order valence-corrected chi connectivity index (χ0v) is 11.2. The minimum atomic E-state index is -1.38. The molecule has 0 spiro atoms. The van der Waals surface area contributed by atoms with Crippen LogP contribution in [0.3, 0.4) is 0 Å². The maximum absolute atomic E-state index is 9.70. The van der Waals surface area contributed by atoms with E-state index in [1.165, 1.54) is 0 Å². The summed E-state index contributed by atoms with van der Waals surface area (Å²) in [4.78, 5) is 0. The van der Waals surface area contributed by atoms with Crippen LogP contribution in [0.2, 0.25) is 0 Å². The van der Waals surface area contributed by atoms with Crippen LogP contribution in [0.25, 0.3) is 0 Å². The van der Waals surface area contributed by atoms with Crippen LogP contribution in [0.15, 0.2) is 12.2 Å². The van der Waals surface area contributed by atoms with E-state index >= 15 is 0 Å². The van der Waals surface area contributed by atoms with Crippen LogP contribution in [0, 0.1) is 0 Å². The summed E-state index contributed by atoms with van der Waals surface area (Å²) in [6, 6.07) is 0. The van der Waals surface area contributed by atoms with Crippen molar-refractivity contribution in [2.24, 2.45) is 0 Å². The highest BCUT2D eigenvalue weighted by molar-refractivity contribution is 4.89. The molecule has 1 heterocycles. The molecule has 0 amide bonds. The normalized spacial score (nSPS) is 35.9. The van der Waals surface area contributed by atoms with Crippen molar-refractivity contribution in [2.45, 2.75) is 56.9 Å². The molecule has 4 N–H and O–H groups in total. The molecule has 1 aliphatic heterocycles. The third kappa shape index (κ3) is 4.83. The molecule has 0 radical (unpaired) electrons. The van der Waals surface area contributed by atoms with E-state index in [0.29, 0.717) is 13.0 Å². The minimum Gasteiger partial charge on any atom is -0.394 e. The molecule has 0 aromatic rings. The van der Waals surface area contributed by atoms with Crippen LogP contribution in [-0.2, 0) is 9.47 Å². The Balaban J connectivity index is 2.35. The molecule has 0 aromatic heterocycles. The quantitative estimate of drug-likeness (QED) is 0.371. The molecular formula is C13H24O6. The molecule has 19 heavy (non-hydrogen) atoms. The fourth-order valence-electron chi connectivity index (χ4n) is 1.86. The summed E-state index contributed by atoms with van der Waals surface area (Å²) in [5.41, 5.74) is 0. The molecule has 1 saturated heterocycles. The van der Waals surface area contributed by atoms with Gasteiger partial charge in [0.05, 0.1) is 13.2 Å². The van der Waals surface area contributed by atoms with Gasteiger partial charge in [0.25, 0.3) is 0 Å². The second-order valence-electron chi connectivity index (χ2n) is 4.62. The molecule has 0 aromatic carbocycles. The van der Waals surface area contributed by atoms with E-state index in [1.54, 1.807) is 0 Å². The van der Waals surface area contributed by atoms with Crippen molar-refractivity contribution < 1.29 is 29.9 Å². The SMILES string of the molecule is CCC/C=C/CCO[C@H]1O[C@H](CO)[C@@H](O)[C@H](O)[C@@H]1O. The summed E-state index contributed by atoms with van der Waals surface area (Å²) < 4.78 is 10.5. The van der Waals surface area contributed by atoms with E-state index in [0.717, 1.165) is 12.8 Å². The molecule has 112 valence electrons. The van der Waals surface area contributed by atoms with E-state index in [-0.39, 0.29) is 0 Å². The number of aliphatic hydroxyl groups is 4. The Labute approximate surface area is 113 Å². The largest absolute Gasteiger partial charge is 0.394 e. The summed E-state index contributed by atoms with van der Waals surface area (Å²) in [6.45, 7) is 1.99. The smallest absolute Gasteiger partial charge is 0.186 e. The Morgan fingerprint density at radius 2 is 1.74 bits per heavy atom. The first-order valence-electron chi connectivity index (χ1n) is 6.69. The Morgan fingerprint density at radius 1 is 1.05 bits per heavy atom. The van der Waals surface area contributed by atoms with Gasteiger partial charge in [0, 0.05) is 0 Å². The van der Waals surface area contributed by atoms with Crippen LogP contribution in [-0.4, -0.2) is 64.3 Å². The summed E-state index contributed by atoms with van der Waals surface area (Å²) in [7, 11) is 0. The summed E-state index contributed by atoms with van der Waals surface area (Å²) in [5.74, 6) is 0. The summed E-state index contributed by atoms with van der Waals surface area (Å²) >= 11 is 0. The van der Waals surface area contributed by atoms with Gasteiger partial charge in [-0.05, 0) is 12.8 Å². The molecule has 0 unspecified atom stereocenters. The lowest BCUT2D eigenvalue weighted by Gasteiger charge is -2.39. The van der Waals surface area contributed by atoms with Gasteiger partial charge in [-0.1, -0.05) is 25.5 Å². The maximum atomic E-state index is 9.70. The van der Waals surface area contributed by atoms with E-state index < -0.39 is 37.3 Å². The van der Waals surface area contributed by atoms with Gasteiger partial charge in [0.15, 0.2) is 6.29 Å². The molecule has 0 saturated carbocycles. The number of aliphatic hydroxyl groups excluding tert-OH is 4. The fraction of sp³-hybridized carbons (Fsp3) is 0.846. The van der Waals surface area contributed by atoms with Crippen LogP contribution < -0.4 is 0 Å². The minimum absolute atomic E-state index is 0.336. The van der Waals surface area contributed by atoms with Crippen molar-refractivity contribution in [1.29, 1.82) is 0 Å². The topological polar surface area (TPSA) is 99.4 Å². The van der Waals surface area contributed by atoms with E-state index in [2.05, 4.69) is 13.0 Å². The zero-order chi connectivity index (χ0) is 14.3. The molecule has 0 aliphatic carbocycles. The van der Waals surface area contributed by atoms with E-state index in [9.17, 15) is 15.3 Å². The van der Waals surface area contributed by atoms with Gasteiger partial charge in [0.1, 0.15) is 24.4 Å². The average molecular weight is 276 g/mol. The van der Waals surface area contributed by atoms with Gasteiger partial charge in [0.2, 0.25) is 0 Å². The fourth-order valence-corrected chi connectivity index (χ4v) is 1.86. The van der Waals surface area contributed by atoms with Crippen LogP contribution in [0.1, 0.15) is 26.2 Å². The number of hydrogen-bond acceptors (Lipinski definition) is 6. The van der Waals surface area contributed by atoms with Crippen molar-refractivity contribution in [1.82, 2.24) is 0 Å². The van der Waals surface area contributed by atoms with Crippen molar-refractivity contribution >= 4 is 0 Å². The lowest BCUT2D eigenvalue weighted by Crippen LogP contribution is -2.59. The van der Waals surface area contributed by atoms with Crippen LogP contribution in [0.4, 0.5) is 0 Å². The second-order valence-corrected chi connectivity index (χ2v) is 4.62. The van der Waals surface area contributed by atoms with E-state index in [4.69, 9.17) is 14.6 Å². The Bertz CT molecular complexity index is 268. The lowest BCUT2D eigenvalue weighted by molar-refractivity contribution is -0.300. The number of allylic oxidation sites excluding steroid dienone is 1. The highest BCUT2D eigenvalue weighted by atomic mass is 16.7. The third-order valence-electron chi connectivity index (χ3n) is 3.04. The van der Waals surface area contributed by atoms with Gasteiger partial charge in [-0.2, -0.15) is 0 Å². The third-order valence-corrected chi connectivity index (χ3v) is 3.04. The predicted octanol–water partition coefficient (Wildman–Crippen LogP) is -0.451. The van der Waals surface area contributed by atoms with Gasteiger partial charge in [-0.3, -0.25) is 0 Å². The number of hydrogen-bond donors (Lipinski definition) is 4. The Hall–Kier alpha value is -0.500. The van der Waals surface area contributed by atoms with E-state index in [1.807, 2.05) is 6.08 Å². The number of rotatable bonds is 7. The second kappa shape index (κ2) is 8.63. The average Bonchev–Trinajstić information content (AvgIpc) is 2.42. The van der Waals surface area contributed by atoms with Crippen molar-refractivity contribution in [3.63, 3.8) is 0 Å². The summed E-state index contributed by atoms with van der Waals surface area (Å²) in [6.07, 6.45) is 0.811. The molecule has 6 nitrogen and oxygen atoms in total. The molecular weight excluding hydrogens is 252 g/mol. The first-order valence-corrected chi connectivity index (χ1v) is 6.69. The van der Waals surface area contributed by atoms with Gasteiger partial charge < -0.3 is 29.9 Å². The zero-order valence-electron chi connectivity index (χ0n) is 11.2. The van der Waals surface area contributed by atoms with Crippen LogP contribution >= 0.6 is 0 Å². The predicted molar refractivity (Wildman–Crippen MR) is 68.4 cm³/mol. The van der Waals surface area contributed by atoms with Gasteiger partial charge in [-0.15, -0.1) is 0 Å². The highest BCUT2D eigenvalue weighted by Gasteiger charge is 2.43. The lowest BCUT2D eigenvalue weighted by atomic mass is 9.99. The molecule has 0 bridgehead atoms. The highest BCUT2D eigenvalue weighted by Crippen LogP contribution is 2.21. The van der Waals surface area contributed by atoms with Gasteiger partial charge >= 0.3 is 0 Å². The Morgan fingerprint density at radius 3 is 2.37 bits per heavy atom. The molecule has 1 aliphatic rings. The van der Waals surface area contributed by atoms with Crippen molar-refractivity contribution in [3.8, 4) is 0 Å². The molecule has 6 heteroatoms. The summed E-state index contributed by atoms with van der Waals surface area (Å²) in [5, 5.41) is 37.8. The maximum Gasteiger partial charge on any atom is 0.186 e. The molecule has 5 atom stereocenters. The Kier molecular flexibility index (Phi) is 7.52.